The Labute approximate surface area is 81.4 Å². The van der Waals surface area contributed by atoms with E-state index in [-0.39, 0.29) is 0 Å². The van der Waals surface area contributed by atoms with Gasteiger partial charge in [0, 0.05) is 25.2 Å². The van der Waals surface area contributed by atoms with Gasteiger partial charge in [-0.05, 0) is 34.4 Å². The van der Waals surface area contributed by atoms with Crippen molar-refractivity contribution in [1.82, 2.24) is 10.2 Å². The second kappa shape index (κ2) is 4.94. The van der Waals surface area contributed by atoms with Crippen LogP contribution in [0.4, 0.5) is 0 Å². The van der Waals surface area contributed by atoms with Gasteiger partial charge in [-0.3, -0.25) is 0 Å². The molecule has 1 N–H and O–H groups in total. The summed E-state index contributed by atoms with van der Waals surface area (Å²) in [6.45, 7) is 6.37. The van der Waals surface area contributed by atoms with Gasteiger partial charge in [0.25, 0.3) is 0 Å². The van der Waals surface area contributed by atoms with Crippen LogP contribution in [0.2, 0.25) is 0 Å². The van der Waals surface area contributed by atoms with Crippen LogP contribution in [-0.2, 0) is 4.74 Å². The van der Waals surface area contributed by atoms with E-state index in [1.54, 1.807) is 0 Å². The summed E-state index contributed by atoms with van der Waals surface area (Å²) in [6, 6.07) is 1.10. The van der Waals surface area contributed by atoms with E-state index in [9.17, 15) is 0 Å². The first-order valence-electron chi connectivity index (χ1n) is 5.12. The quantitative estimate of drug-likeness (QED) is 0.699. The topological polar surface area (TPSA) is 24.5 Å². The van der Waals surface area contributed by atoms with Crippen LogP contribution in [0, 0.1) is 0 Å². The fraction of sp³-hybridized carbons (Fsp3) is 1.00. The van der Waals surface area contributed by atoms with Crippen LogP contribution in [0.3, 0.4) is 0 Å². The Bertz CT molecular complexity index is 150. The van der Waals surface area contributed by atoms with Crippen LogP contribution in [0.25, 0.3) is 0 Å². The summed E-state index contributed by atoms with van der Waals surface area (Å²) in [5.41, 5.74) is 0. The van der Waals surface area contributed by atoms with Gasteiger partial charge in [0.15, 0.2) is 0 Å². The number of hydrogen-bond acceptors (Lipinski definition) is 3. The summed E-state index contributed by atoms with van der Waals surface area (Å²) in [6.07, 6.45) is 1.53. The number of rotatable bonds is 4. The van der Waals surface area contributed by atoms with Crippen LogP contribution >= 0.6 is 0 Å². The summed E-state index contributed by atoms with van der Waals surface area (Å²) >= 11 is 0. The molecule has 0 aromatic rings. The highest BCUT2D eigenvalue weighted by atomic mass is 16.5. The normalized spacial score (nSPS) is 31.2. The maximum Gasteiger partial charge on any atom is 0.0700 e. The van der Waals surface area contributed by atoms with Gasteiger partial charge < -0.3 is 15.0 Å². The summed E-state index contributed by atoms with van der Waals surface area (Å²) in [7, 11) is 4.21. The summed E-state index contributed by atoms with van der Waals surface area (Å²) < 4.78 is 5.50. The van der Waals surface area contributed by atoms with Gasteiger partial charge in [0.05, 0.1) is 6.10 Å². The highest BCUT2D eigenvalue weighted by Crippen LogP contribution is 2.13. The first-order chi connectivity index (χ1) is 6.09. The van der Waals surface area contributed by atoms with E-state index >= 15 is 0 Å². The fourth-order valence-corrected chi connectivity index (χ4v) is 1.92. The standard InChI is InChI=1S/C10H22N2O/c1-8(7-12(3)4)11-10-5-6-13-9(10)2/h8-11H,5-7H2,1-4H3. The fourth-order valence-electron chi connectivity index (χ4n) is 1.92. The van der Waals surface area contributed by atoms with Crippen LogP contribution in [-0.4, -0.2) is 50.3 Å². The third kappa shape index (κ3) is 3.63. The Morgan fingerprint density at radius 3 is 2.69 bits per heavy atom. The molecule has 0 radical (unpaired) electrons. The number of nitrogens with zero attached hydrogens (tertiary/aromatic N) is 1. The van der Waals surface area contributed by atoms with Crippen molar-refractivity contribution >= 4 is 0 Å². The molecule has 13 heavy (non-hydrogen) atoms. The van der Waals surface area contributed by atoms with Crippen molar-refractivity contribution in [2.45, 2.75) is 38.5 Å². The lowest BCUT2D eigenvalue weighted by atomic mass is 10.1. The van der Waals surface area contributed by atoms with E-state index in [2.05, 4.69) is 38.2 Å². The lowest BCUT2D eigenvalue weighted by Gasteiger charge is -2.24. The number of hydrogen-bond donors (Lipinski definition) is 1. The molecule has 3 heteroatoms. The maximum atomic E-state index is 5.50. The second-order valence-corrected chi connectivity index (χ2v) is 4.30. The van der Waals surface area contributed by atoms with Crippen molar-refractivity contribution in [2.75, 3.05) is 27.2 Å². The van der Waals surface area contributed by atoms with E-state index in [0.717, 1.165) is 19.6 Å². The predicted octanol–water partition coefficient (Wildman–Crippen LogP) is 0.703. The van der Waals surface area contributed by atoms with E-state index in [1.165, 1.54) is 0 Å². The molecule has 1 rings (SSSR count). The molecule has 0 aromatic carbocycles. The Morgan fingerprint density at radius 2 is 2.23 bits per heavy atom. The number of likely N-dealkylation sites (N-methyl/N-ethyl adjacent to an activating group) is 1. The molecular formula is C10H22N2O. The molecule has 78 valence electrons. The van der Waals surface area contributed by atoms with Gasteiger partial charge in [-0.15, -0.1) is 0 Å². The van der Waals surface area contributed by atoms with Crippen LogP contribution in [0.15, 0.2) is 0 Å². The molecule has 0 aromatic heterocycles. The molecule has 1 fully saturated rings. The van der Waals surface area contributed by atoms with E-state index < -0.39 is 0 Å². The van der Waals surface area contributed by atoms with Crippen molar-refractivity contribution < 1.29 is 4.74 Å². The molecule has 3 atom stereocenters. The van der Waals surface area contributed by atoms with Gasteiger partial charge in [-0.2, -0.15) is 0 Å². The van der Waals surface area contributed by atoms with Crippen molar-refractivity contribution in [2.24, 2.45) is 0 Å². The Morgan fingerprint density at radius 1 is 1.54 bits per heavy atom. The molecule has 0 saturated carbocycles. The summed E-state index contributed by atoms with van der Waals surface area (Å²) in [5, 5.41) is 3.59. The molecule has 1 heterocycles. The largest absolute Gasteiger partial charge is 0.377 e. The van der Waals surface area contributed by atoms with Gasteiger partial charge in [0.1, 0.15) is 0 Å². The minimum Gasteiger partial charge on any atom is -0.377 e. The van der Waals surface area contributed by atoms with Gasteiger partial charge >= 0.3 is 0 Å². The van der Waals surface area contributed by atoms with Crippen LogP contribution < -0.4 is 5.32 Å². The van der Waals surface area contributed by atoms with Crippen molar-refractivity contribution in [1.29, 1.82) is 0 Å². The van der Waals surface area contributed by atoms with Crippen molar-refractivity contribution in [3.05, 3.63) is 0 Å². The summed E-state index contributed by atoms with van der Waals surface area (Å²) in [5.74, 6) is 0. The molecule has 3 nitrogen and oxygen atoms in total. The Kier molecular flexibility index (Phi) is 4.16. The minimum atomic E-state index is 0.379. The first kappa shape index (κ1) is 11.0. The van der Waals surface area contributed by atoms with Gasteiger partial charge in [-0.1, -0.05) is 0 Å². The molecule has 0 amide bonds. The van der Waals surface area contributed by atoms with Crippen molar-refractivity contribution in [3.63, 3.8) is 0 Å². The van der Waals surface area contributed by atoms with Crippen LogP contribution in [0.5, 0.6) is 0 Å². The average Bonchev–Trinajstić information content (AvgIpc) is 2.34. The lowest BCUT2D eigenvalue weighted by molar-refractivity contribution is 0.110. The van der Waals surface area contributed by atoms with E-state index in [4.69, 9.17) is 4.74 Å². The van der Waals surface area contributed by atoms with Crippen LogP contribution in [0.1, 0.15) is 20.3 Å². The molecule has 0 spiro atoms. The molecular weight excluding hydrogens is 164 g/mol. The highest BCUT2D eigenvalue weighted by molar-refractivity contribution is 4.81. The van der Waals surface area contributed by atoms with E-state index in [0.29, 0.717) is 18.2 Å². The molecule has 1 aliphatic heterocycles. The minimum absolute atomic E-state index is 0.379. The zero-order chi connectivity index (χ0) is 9.84. The second-order valence-electron chi connectivity index (χ2n) is 4.30. The monoisotopic (exact) mass is 186 g/mol. The predicted molar refractivity (Wildman–Crippen MR) is 55.0 cm³/mol. The average molecular weight is 186 g/mol. The molecule has 1 aliphatic rings. The third-order valence-corrected chi connectivity index (χ3v) is 2.51. The van der Waals surface area contributed by atoms with Gasteiger partial charge in [-0.25, -0.2) is 0 Å². The maximum absolute atomic E-state index is 5.50. The molecule has 1 saturated heterocycles. The van der Waals surface area contributed by atoms with Gasteiger partial charge in [0.2, 0.25) is 0 Å². The number of ether oxygens (including phenoxy) is 1. The molecule has 0 bridgehead atoms. The highest BCUT2D eigenvalue weighted by Gasteiger charge is 2.24. The van der Waals surface area contributed by atoms with Crippen molar-refractivity contribution in [3.8, 4) is 0 Å². The zero-order valence-corrected chi connectivity index (χ0v) is 9.21. The SMILES string of the molecule is CC(CN(C)C)NC1CCOC1C. The third-order valence-electron chi connectivity index (χ3n) is 2.51. The zero-order valence-electron chi connectivity index (χ0n) is 9.21. The Hall–Kier alpha value is -0.120. The number of nitrogens with one attached hydrogen (secondary N) is 1. The lowest BCUT2D eigenvalue weighted by Crippen LogP contribution is -2.44. The smallest absolute Gasteiger partial charge is 0.0700 e. The molecule has 0 aliphatic carbocycles. The molecule has 3 unspecified atom stereocenters. The Balaban J connectivity index is 2.22. The summed E-state index contributed by atoms with van der Waals surface area (Å²) in [4.78, 5) is 2.21. The first-order valence-corrected chi connectivity index (χ1v) is 5.12. The van der Waals surface area contributed by atoms with E-state index in [1.807, 2.05) is 0 Å².